The molecule has 2 aromatic carbocycles. The lowest BCUT2D eigenvalue weighted by atomic mass is 10.0. The molecular formula is C25H24BrN3O5. The minimum Gasteiger partial charge on any atom is -0.480 e. The topological polar surface area (TPSA) is 118 Å². The number of carbonyl (C=O) groups is 3. The molecule has 0 unspecified atom stereocenters. The second kappa shape index (κ2) is 12.5. The number of nitrogens with zero attached hydrogens (tertiary/aromatic N) is 1. The summed E-state index contributed by atoms with van der Waals surface area (Å²) >= 11 is 3.29. The van der Waals surface area contributed by atoms with Gasteiger partial charge in [0.15, 0.2) is 0 Å². The summed E-state index contributed by atoms with van der Waals surface area (Å²) in [6, 6.07) is 19.4. The van der Waals surface area contributed by atoms with Crippen molar-refractivity contribution >= 4 is 33.9 Å². The van der Waals surface area contributed by atoms with Gasteiger partial charge >= 0.3 is 12.1 Å². The Hall–Kier alpha value is -3.72. The lowest BCUT2D eigenvalue weighted by Crippen LogP contribution is -2.53. The summed E-state index contributed by atoms with van der Waals surface area (Å²) in [4.78, 5) is 41.4. The number of aromatic nitrogens is 1. The van der Waals surface area contributed by atoms with Crippen molar-refractivity contribution in [2.75, 3.05) is 0 Å². The van der Waals surface area contributed by atoms with Crippen LogP contribution in [0.1, 0.15) is 16.7 Å². The molecule has 2 atom stereocenters. The van der Waals surface area contributed by atoms with E-state index in [0.717, 1.165) is 11.1 Å². The van der Waals surface area contributed by atoms with E-state index in [2.05, 4.69) is 31.5 Å². The SMILES string of the molecule is O=C(N[C@@H](Cc1ccccc1)C(=O)N[C@@H](Cc1cccnc1Br)C(=O)O)OCc1ccccc1. The van der Waals surface area contributed by atoms with Gasteiger partial charge < -0.3 is 20.5 Å². The fourth-order valence-electron chi connectivity index (χ4n) is 3.23. The molecule has 3 N–H and O–H groups in total. The number of carbonyl (C=O) groups excluding carboxylic acids is 2. The maximum absolute atomic E-state index is 13.1. The van der Waals surface area contributed by atoms with Crippen LogP contribution in [-0.2, 0) is 33.8 Å². The van der Waals surface area contributed by atoms with Gasteiger partial charge in [0.1, 0.15) is 23.3 Å². The summed E-state index contributed by atoms with van der Waals surface area (Å²) < 4.78 is 5.75. The number of benzene rings is 2. The molecule has 3 rings (SSSR count). The first-order valence-corrected chi connectivity index (χ1v) is 11.4. The van der Waals surface area contributed by atoms with Crippen molar-refractivity contribution < 1.29 is 24.2 Å². The van der Waals surface area contributed by atoms with Gasteiger partial charge in [-0.3, -0.25) is 4.79 Å². The van der Waals surface area contributed by atoms with E-state index < -0.39 is 30.1 Å². The molecule has 0 saturated heterocycles. The molecule has 0 aliphatic heterocycles. The molecule has 1 heterocycles. The lowest BCUT2D eigenvalue weighted by molar-refractivity contribution is -0.142. The molecule has 9 heteroatoms. The molecule has 0 spiro atoms. The van der Waals surface area contributed by atoms with Gasteiger partial charge in [0.25, 0.3) is 0 Å². The maximum atomic E-state index is 13.1. The number of hydrogen-bond donors (Lipinski definition) is 3. The van der Waals surface area contributed by atoms with E-state index in [1.165, 1.54) is 0 Å². The fraction of sp³-hybridized carbons (Fsp3) is 0.200. The summed E-state index contributed by atoms with van der Waals surface area (Å²) in [6.45, 7) is 0.0408. The number of halogens is 1. The molecule has 34 heavy (non-hydrogen) atoms. The number of ether oxygens (including phenoxy) is 1. The number of alkyl carbamates (subject to hydrolysis) is 1. The van der Waals surface area contributed by atoms with Crippen molar-refractivity contribution in [3.8, 4) is 0 Å². The molecule has 1 aromatic heterocycles. The molecule has 0 aliphatic carbocycles. The van der Waals surface area contributed by atoms with Gasteiger partial charge in [-0.25, -0.2) is 14.6 Å². The zero-order valence-electron chi connectivity index (χ0n) is 18.2. The smallest absolute Gasteiger partial charge is 0.408 e. The Morgan fingerprint density at radius 1 is 0.853 bits per heavy atom. The Bertz CT molecular complexity index is 1110. The molecule has 0 aliphatic rings. The number of pyridine rings is 1. The van der Waals surface area contributed by atoms with E-state index in [4.69, 9.17) is 4.74 Å². The number of amides is 2. The highest BCUT2D eigenvalue weighted by Crippen LogP contribution is 2.15. The summed E-state index contributed by atoms with van der Waals surface area (Å²) in [5.41, 5.74) is 2.23. The predicted octanol–water partition coefficient (Wildman–Crippen LogP) is 3.49. The van der Waals surface area contributed by atoms with Crippen molar-refractivity contribution in [1.82, 2.24) is 15.6 Å². The Labute approximate surface area is 205 Å². The first-order valence-electron chi connectivity index (χ1n) is 10.6. The largest absolute Gasteiger partial charge is 0.480 e. The van der Waals surface area contributed by atoms with E-state index in [1.807, 2.05) is 60.7 Å². The molecule has 8 nitrogen and oxygen atoms in total. The highest BCUT2D eigenvalue weighted by molar-refractivity contribution is 9.10. The van der Waals surface area contributed by atoms with Crippen LogP contribution in [0.4, 0.5) is 4.79 Å². The fourth-order valence-corrected chi connectivity index (χ4v) is 3.64. The van der Waals surface area contributed by atoms with Crippen LogP contribution in [0.5, 0.6) is 0 Å². The van der Waals surface area contributed by atoms with E-state index in [9.17, 15) is 19.5 Å². The maximum Gasteiger partial charge on any atom is 0.408 e. The summed E-state index contributed by atoms with van der Waals surface area (Å²) in [6.07, 6.45) is 0.979. The average Bonchev–Trinajstić information content (AvgIpc) is 2.84. The van der Waals surface area contributed by atoms with Gasteiger partial charge in [-0.2, -0.15) is 0 Å². The van der Waals surface area contributed by atoms with E-state index >= 15 is 0 Å². The Kier molecular flexibility index (Phi) is 9.16. The Morgan fingerprint density at radius 2 is 1.50 bits per heavy atom. The first kappa shape index (κ1) is 24.9. The van der Waals surface area contributed by atoms with Gasteiger partial charge in [0.2, 0.25) is 5.91 Å². The van der Waals surface area contributed by atoms with Crippen LogP contribution < -0.4 is 10.6 Å². The summed E-state index contributed by atoms with van der Waals surface area (Å²) in [5.74, 6) is -1.83. The van der Waals surface area contributed by atoms with Crippen molar-refractivity contribution in [1.29, 1.82) is 0 Å². The van der Waals surface area contributed by atoms with Gasteiger partial charge in [0.05, 0.1) is 0 Å². The van der Waals surface area contributed by atoms with E-state index in [0.29, 0.717) is 10.2 Å². The highest BCUT2D eigenvalue weighted by Gasteiger charge is 2.28. The molecule has 0 radical (unpaired) electrons. The Balaban J connectivity index is 1.70. The molecular weight excluding hydrogens is 502 g/mol. The molecule has 2 amide bonds. The summed E-state index contributed by atoms with van der Waals surface area (Å²) in [7, 11) is 0. The third-order valence-corrected chi connectivity index (χ3v) is 5.69. The number of hydrogen-bond acceptors (Lipinski definition) is 5. The van der Waals surface area contributed by atoms with Crippen LogP contribution in [0.25, 0.3) is 0 Å². The van der Waals surface area contributed by atoms with Gasteiger partial charge in [-0.1, -0.05) is 66.7 Å². The van der Waals surface area contributed by atoms with Crippen molar-refractivity contribution in [2.45, 2.75) is 31.5 Å². The van der Waals surface area contributed by atoms with Crippen LogP contribution in [-0.4, -0.2) is 40.1 Å². The van der Waals surface area contributed by atoms with Gasteiger partial charge in [-0.05, 0) is 38.7 Å². The first-order chi connectivity index (χ1) is 16.4. The van der Waals surface area contributed by atoms with Crippen molar-refractivity contribution in [3.05, 3.63) is 100 Å². The molecule has 0 saturated carbocycles. The number of rotatable bonds is 10. The minimum atomic E-state index is -1.21. The van der Waals surface area contributed by atoms with Gasteiger partial charge in [0, 0.05) is 19.0 Å². The molecule has 0 fully saturated rings. The second-order valence-corrected chi connectivity index (χ2v) is 8.26. The van der Waals surface area contributed by atoms with Crippen LogP contribution in [0, 0.1) is 0 Å². The van der Waals surface area contributed by atoms with Crippen LogP contribution >= 0.6 is 15.9 Å². The van der Waals surface area contributed by atoms with Crippen molar-refractivity contribution in [2.24, 2.45) is 0 Å². The lowest BCUT2D eigenvalue weighted by Gasteiger charge is -2.22. The molecule has 0 bridgehead atoms. The number of nitrogens with one attached hydrogen (secondary N) is 2. The minimum absolute atomic E-state index is 0.0198. The predicted molar refractivity (Wildman–Crippen MR) is 129 cm³/mol. The number of aliphatic carboxylic acids is 1. The van der Waals surface area contributed by atoms with E-state index in [-0.39, 0.29) is 19.4 Å². The molecule has 176 valence electrons. The van der Waals surface area contributed by atoms with E-state index in [1.54, 1.807) is 18.3 Å². The normalized spacial score (nSPS) is 12.3. The van der Waals surface area contributed by atoms with Crippen LogP contribution in [0.15, 0.2) is 83.6 Å². The van der Waals surface area contributed by atoms with Crippen LogP contribution in [0.2, 0.25) is 0 Å². The average molecular weight is 526 g/mol. The zero-order valence-corrected chi connectivity index (χ0v) is 19.8. The number of carboxylic acids is 1. The second-order valence-electron chi connectivity index (χ2n) is 7.51. The third-order valence-electron chi connectivity index (χ3n) is 4.98. The number of carboxylic acid groups (broad SMARTS) is 1. The zero-order chi connectivity index (χ0) is 24.3. The van der Waals surface area contributed by atoms with Crippen molar-refractivity contribution in [3.63, 3.8) is 0 Å². The molecule has 3 aromatic rings. The summed E-state index contributed by atoms with van der Waals surface area (Å²) in [5, 5.41) is 14.8. The standard InChI is InChI=1S/C25H24BrN3O5/c26-22-19(12-7-13-27-22)15-21(24(31)32)28-23(30)20(14-17-8-3-1-4-9-17)29-25(33)34-16-18-10-5-2-6-11-18/h1-13,20-21H,14-16H2,(H,28,30)(H,29,33)(H,31,32)/t20-,21-/m0/s1. The van der Waals surface area contributed by atoms with Crippen LogP contribution in [0.3, 0.4) is 0 Å². The highest BCUT2D eigenvalue weighted by atomic mass is 79.9. The Morgan fingerprint density at radius 3 is 2.12 bits per heavy atom. The van der Waals surface area contributed by atoms with Gasteiger partial charge in [-0.15, -0.1) is 0 Å². The quantitative estimate of drug-likeness (QED) is 0.348. The third kappa shape index (κ3) is 7.70. The monoisotopic (exact) mass is 525 g/mol.